The van der Waals surface area contributed by atoms with E-state index in [9.17, 15) is 13.2 Å². The van der Waals surface area contributed by atoms with Gasteiger partial charge in [-0.25, -0.2) is 13.2 Å². The molecule has 1 unspecified atom stereocenters. The van der Waals surface area contributed by atoms with E-state index < -0.39 is 26.3 Å². The fourth-order valence-corrected chi connectivity index (χ4v) is 2.36. The molecule has 0 saturated carbocycles. The number of carbonyl (C=O) groups excluding carboxylic acids is 1. The number of ether oxygens (including phenoxy) is 1. The molecule has 1 heterocycles. The molecular weight excluding hydrogens is 270 g/mol. The van der Waals surface area contributed by atoms with Gasteiger partial charge in [0.1, 0.15) is 6.26 Å². The molecule has 0 aliphatic rings. The van der Waals surface area contributed by atoms with E-state index in [2.05, 4.69) is 9.72 Å². The van der Waals surface area contributed by atoms with Gasteiger partial charge in [-0.2, -0.15) is 4.98 Å². The minimum absolute atomic E-state index is 0.0839. The van der Waals surface area contributed by atoms with Gasteiger partial charge in [-0.05, 0) is 13.8 Å². The first kappa shape index (κ1) is 14.0. The number of aromatic nitrogens is 1. The molecule has 0 bridgehead atoms. The van der Waals surface area contributed by atoms with E-state index in [1.54, 1.807) is 6.92 Å². The molecule has 8 heteroatoms. The van der Waals surface area contributed by atoms with E-state index in [1.165, 1.54) is 6.92 Å². The maximum atomic E-state index is 11.8. The van der Waals surface area contributed by atoms with Crippen molar-refractivity contribution in [1.29, 1.82) is 0 Å². The summed E-state index contributed by atoms with van der Waals surface area (Å²) < 4.78 is 32.9. The van der Waals surface area contributed by atoms with E-state index in [4.69, 9.17) is 16.0 Å². The van der Waals surface area contributed by atoms with Crippen LogP contribution in [0.4, 0.5) is 0 Å². The van der Waals surface area contributed by atoms with Crippen molar-refractivity contribution in [2.75, 3.05) is 12.5 Å². The summed E-state index contributed by atoms with van der Waals surface area (Å²) in [4.78, 5) is 14.8. The lowest BCUT2D eigenvalue weighted by molar-refractivity contribution is 0.0519. The summed E-state index contributed by atoms with van der Waals surface area (Å²) in [6.45, 7) is 3.23. The van der Waals surface area contributed by atoms with Crippen molar-refractivity contribution < 1.29 is 22.4 Å². The molecular formula is C9H12ClNO5S. The lowest BCUT2D eigenvalue weighted by Crippen LogP contribution is -2.20. The highest BCUT2D eigenvalue weighted by Crippen LogP contribution is 2.16. The third-order valence-electron chi connectivity index (χ3n) is 1.96. The number of nitrogens with zero attached hydrogens (tertiary/aromatic N) is 1. The van der Waals surface area contributed by atoms with Gasteiger partial charge >= 0.3 is 11.2 Å². The van der Waals surface area contributed by atoms with Crippen LogP contribution in [0.25, 0.3) is 0 Å². The smallest absolute Gasteiger partial charge is 0.360 e. The van der Waals surface area contributed by atoms with Crippen LogP contribution in [-0.2, 0) is 14.6 Å². The average molecular weight is 282 g/mol. The van der Waals surface area contributed by atoms with Gasteiger partial charge in [0.25, 0.3) is 0 Å². The Morgan fingerprint density at radius 3 is 2.82 bits per heavy atom. The highest BCUT2D eigenvalue weighted by molar-refractivity contribution is 7.91. The molecule has 0 aliphatic carbocycles. The first-order valence-electron chi connectivity index (χ1n) is 4.86. The Kier molecular flexibility index (Phi) is 4.53. The zero-order valence-corrected chi connectivity index (χ0v) is 10.9. The van der Waals surface area contributed by atoms with Crippen molar-refractivity contribution in [1.82, 2.24) is 4.98 Å². The molecule has 1 aromatic heterocycles. The lowest BCUT2D eigenvalue weighted by atomic mass is 10.5. The van der Waals surface area contributed by atoms with Gasteiger partial charge in [0.2, 0.25) is 9.84 Å². The molecule has 1 rings (SSSR count). The first-order chi connectivity index (χ1) is 7.93. The Morgan fingerprint density at radius 1 is 1.65 bits per heavy atom. The minimum atomic E-state index is -3.73. The van der Waals surface area contributed by atoms with Crippen LogP contribution < -0.4 is 0 Å². The second-order valence-electron chi connectivity index (χ2n) is 3.23. The van der Waals surface area contributed by atoms with Crippen LogP contribution in [0.3, 0.4) is 0 Å². The molecule has 1 atom stereocenters. The predicted octanol–water partition coefficient (Wildman–Crippen LogP) is 1.25. The quantitative estimate of drug-likeness (QED) is 0.596. The minimum Gasteiger partial charge on any atom is -0.461 e. The summed E-state index contributed by atoms with van der Waals surface area (Å²) in [6, 6.07) is 0. The fourth-order valence-electron chi connectivity index (χ4n) is 0.942. The van der Waals surface area contributed by atoms with Crippen LogP contribution in [-0.4, -0.2) is 37.1 Å². The third kappa shape index (κ3) is 2.98. The predicted molar refractivity (Wildman–Crippen MR) is 59.8 cm³/mol. The van der Waals surface area contributed by atoms with E-state index in [-0.39, 0.29) is 18.2 Å². The van der Waals surface area contributed by atoms with Crippen molar-refractivity contribution in [2.45, 2.75) is 24.3 Å². The zero-order valence-electron chi connectivity index (χ0n) is 9.34. The van der Waals surface area contributed by atoms with Gasteiger partial charge in [-0.1, -0.05) is 0 Å². The number of hydrogen-bond acceptors (Lipinski definition) is 6. The topological polar surface area (TPSA) is 86.5 Å². The lowest BCUT2D eigenvalue weighted by Gasteiger charge is -2.04. The number of halogens is 1. The monoisotopic (exact) mass is 281 g/mol. The largest absolute Gasteiger partial charge is 0.461 e. The summed E-state index contributed by atoms with van der Waals surface area (Å²) in [5.74, 6) is -0.810. The fraction of sp³-hybridized carbons (Fsp3) is 0.556. The molecule has 0 radical (unpaired) electrons. The van der Waals surface area contributed by atoms with Gasteiger partial charge in [0.05, 0.1) is 11.9 Å². The van der Waals surface area contributed by atoms with Gasteiger partial charge in [0.15, 0.2) is 5.69 Å². The van der Waals surface area contributed by atoms with Crippen molar-refractivity contribution >= 4 is 27.4 Å². The summed E-state index contributed by atoms with van der Waals surface area (Å²) >= 11 is 5.47. The van der Waals surface area contributed by atoms with E-state index in [0.717, 1.165) is 6.26 Å². The molecule has 0 N–H and O–H groups in total. The molecule has 0 aliphatic heterocycles. The Hall–Kier alpha value is -1.08. The number of rotatable bonds is 5. The van der Waals surface area contributed by atoms with E-state index in [1.807, 2.05) is 0 Å². The molecule has 0 saturated heterocycles. The van der Waals surface area contributed by atoms with Crippen molar-refractivity contribution in [3.63, 3.8) is 0 Å². The van der Waals surface area contributed by atoms with Crippen molar-refractivity contribution in [2.24, 2.45) is 0 Å². The van der Waals surface area contributed by atoms with Gasteiger partial charge < -0.3 is 9.15 Å². The maximum absolute atomic E-state index is 11.8. The highest BCUT2D eigenvalue weighted by atomic mass is 35.5. The summed E-state index contributed by atoms with van der Waals surface area (Å²) in [5, 5.41) is -1.36. The molecule has 6 nitrogen and oxygen atoms in total. The molecule has 0 amide bonds. The summed E-state index contributed by atoms with van der Waals surface area (Å²) in [6.07, 6.45) is 0.950. The van der Waals surface area contributed by atoms with Crippen LogP contribution >= 0.6 is 11.6 Å². The number of oxazole rings is 1. The Labute approximate surface area is 104 Å². The van der Waals surface area contributed by atoms with Crippen LogP contribution in [0.15, 0.2) is 15.9 Å². The zero-order chi connectivity index (χ0) is 13.1. The first-order valence-corrected chi connectivity index (χ1v) is 6.94. The Balaban J connectivity index is 2.99. The number of sulfone groups is 1. The Morgan fingerprint density at radius 2 is 2.29 bits per heavy atom. The number of alkyl halides is 1. The average Bonchev–Trinajstić information content (AvgIpc) is 2.78. The summed E-state index contributed by atoms with van der Waals surface area (Å²) in [5.41, 5.74) is -0.174. The van der Waals surface area contributed by atoms with Crippen LogP contribution in [0.5, 0.6) is 0 Å². The molecule has 0 spiro atoms. The molecule has 96 valence electrons. The van der Waals surface area contributed by atoms with Crippen LogP contribution in [0.2, 0.25) is 0 Å². The van der Waals surface area contributed by atoms with E-state index in [0.29, 0.717) is 0 Å². The molecule has 17 heavy (non-hydrogen) atoms. The van der Waals surface area contributed by atoms with Crippen molar-refractivity contribution in [3.05, 3.63) is 12.0 Å². The van der Waals surface area contributed by atoms with Gasteiger partial charge in [-0.3, -0.25) is 0 Å². The molecule has 0 aromatic carbocycles. The van der Waals surface area contributed by atoms with Crippen LogP contribution in [0, 0.1) is 0 Å². The van der Waals surface area contributed by atoms with Crippen LogP contribution in [0.1, 0.15) is 24.3 Å². The molecule has 0 fully saturated rings. The third-order valence-corrected chi connectivity index (χ3v) is 4.50. The SMILES string of the molecule is CCOC(=O)c1coc(S(=O)(=O)C(C)CCl)n1. The van der Waals surface area contributed by atoms with Gasteiger partial charge in [-0.15, -0.1) is 11.6 Å². The summed E-state index contributed by atoms with van der Waals surface area (Å²) in [7, 11) is -3.73. The number of hydrogen-bond donors (Lipinski definition) is 0. The second-order valence-corrected chi connectivity index (χ2v) is 5.78. The Bertz CT molecular complexity index is 495. The number of carbonyl (C=O) groups is 1. The number of esters is 1. The molecule has 1 aromatic rings. The second kappa shape index (κ2) is 5.50. The van der Waals surface area contributed by atoms with Gasteiger partial charge in [0, 0.05) is 5.88 Å². The van der Waals surface area contributed by atoms with Crippen molar-refractivity contribution in [3.8, 4) is 0 Å². The highest BCUT2D eigenvalue weighted by Gasteiger charge is 2.29. The standard InChI is InChI=1S/C9H12ClNO5S/c1-3-15-8(12)7-5-16-9(11-7)17(13,14)6(2)4-10/h5-6H,3-4H2,1-2H3. The van der Waals surface area contributed by atoms with E-state index >= 15 is 0 Å². The normalized spacial score (nSPS) is 13.4. The maximum Gasteiger partial charge on any atom is 0.360 e.